The number of aromatic nitrogens is 3. The van der Waals surface area contributed by atoms with Crippen molar-refractivity contribution in [2.24, 2.45) is 0 Å². The molecule has 1 N–H and O–H groups in total. The summed E-state index contributed by atoms with van der Waals surface area (Å²) in [5.74, 6) is 1.62. The molecule has 0 bridgehead atoms. The van der Waals surface area contributed by atoms with E-state index >= 15 is 0 Å². The standard InChI is InChI=1S/C19H20N6OS/c1-14-11-16(27-13-14)19(26)25-9-7-24(8-10-25)18-5-4-17(22-23-18)21-15-3-2-6-20-12-15/h2-6,11-13H,7-10H2,1H3,(H,21,22). The molecule has 0 radical (unpaired) electrons. The van der Waals surface area contributed by atoms with Crippen LogP contribution in [0.4, 0.5) is 17.3 Å². The summed E-state index contributed by atoms with van der Waals surface area (Å²) in [7, 11) is 0. The third-order valence-electron chi connectivity index (χ3n) is 4.42. The largest absolute Gasteiger partial charge is 0.352 e. The number of carbonyl (C=O) groups excluding carboxylic acids is 1. The predicted molar refractivity (Wildman–Crippen MR) is 107 cm³/mol. The second kappa shape index (κ2) is 7.71. The van der Waals surface area contributed by atoms with Gasteiger partial charge in [0.05, 0.1) is 16.8 Å². The number of anilines is 3. The molecule has 1 fully saturated rings. The maximum atomic E-state index is 12.6. The molecule has 4 heterocycles. The molecular formula is C19H20N6OS. The number of pyridine rings is 1. The van der Waals surface area contributed by atoms with Crippen molar-refractivity contribution in [1.29, 1.82) is 0 Å². The predicted octanol–water partition coefficient (Wildman–Crippen LogP) is 2.95. The van der Waals surface area contributed by atoms with Crippen LogP contribution in [0.2, 0.25) is 0 Å². The van der Waals surface area contributed by atoms with Crippen LogP contribution in [0.1, 0.15) is 15.2 Å². The number of thiophene rings is 1. The van der Waals surface area contributed by atoms with Crippen molar-refractivity contribution >= 4 is 34.6 Å². The Kier molecular flexibility index (Phi) is 4.97. The van der Waals surface area contributed by atoms with Crippen LogP contribution in [-0.4, -0.2) is 52.2 Å². The summed E-state index contributed by atoms with van der Waals surface area (Å²) >= 11 is 1.51. The fourth-order valence-corrected chi connectivity index (χ4v) is 3.85. The molecular weight excluding hydrogens is 360 g/mol. The molecule has 1 amide bonds. The fourth-order valence-electron chi connectivity index (χ4n) is 2.98. The molecule has 8 heteroatoms. The first-order valence-electron chi connectivity index (χ1n) is 8.79. The van der Waals surface area contributed by atoms with Crippen molar-refractivity contribution in [2.45, 2.75) is 6.92 Å². The third-order valence-corrected chi connectivity index (χ3v) is 5.45. The zero-order chi connectivity index (χ0) is 18.6. The van der Waals surface area contributed by atoms with E-state index in [9.17, 15) is 4.79 Å². The van der Waals surface area contributed by atoms with E-state index in [1.54, 1.807) is 12.4 Å². The van der Waals surface area contributed by atoms with Crippen LogP contribution >= 0.6 is 11.3 Å². The van der Waals surface area contributed by atoms with Crippen LogP contribution < -0.4 is 10.2 Å². The minimum Gasteiger partial charge on any atom is -0.352 e. The Hall–Kier alpha value is -3.00. The van der Waals surface area contributed by atoms with Crippen molar-refractivity contribution in [2.75, 3.05) is 36.4 Å². The van der Waals surface area contributed by atoms with Gasteiger partial charge in [-0.2, -0.15) is 0 Å². The topological polar surface area (TPSA) is 74.2 Å². The van der Waals surface area contributed by atoms with Crippen molar-refractivity contribution in [3.8, 4) is 0 Å². The van der Waals surface area contributed by atoms with Crippen LogP contribution in [0.3, 0.4) is 0 Å². The minimum absolute atomic E-state index is 0.120. The van der Waals surface area contributed by atoms with Gasteiger partial charge in [0.15, 0.2) is 11.6 Å². The SMILES string of the molecule is Cc1csc(C(=O)N2CCN(c3ccc(Nc4cccnc4)nn3)CC2)c1. The Bertz CT molecular complexity index is 903. The van der Waals surface area contributed by atoms with Gasteiger partial charge in [0.2, 0.25) is 0 Å². The third kappa shape index (κ3) is 4.06. The number of aryl methyl sites for hydroxylation is 1. The van der Waals surface area contributed by atoms with E-state index in [0.717, 1.165) is 35.0 Å². The molecule has 0 saturated carbocycles. The molecule has 7 nitrogen and oxygen atoms in total. The van der Waals surface area contributed by atoms with Crippen molar-refractivity contribution in [1.82, 2.24) is 20.1 Å². The molecule has 1 saturated heterocycles. The normalized spacial score (nSPS) is 14.3. The summed E-state index contributed by atoms with van der Waals surface area (Å²) in [6, 6.07) is 9.60. The highest BCUT2D eigenvalue weighted by molar-refractivity contribution is 7.12. The molecule has 138 valence electrons. The molecule has 1 aliphatic heterocycles. The Balaban J connectivity index is 1.35. The van der Waals surface area contributed by atoms with Crippen molar-refractivity contribution < 1.29 is 4.79 Å². The minimum atomic E-state index is 0.120. The summed E-state index contributed by atoms with van der Waals surface area (Å²) in [6.45, 7) is 4.89. The average Bonchev–Trinajstić information content (AvgIpc) is 3.15. The number of nitrogens with zero attached hydrogens (tertiary/aromatic N) is 5. The number of piperazine rings is 1. The highest BCUT2D eigenvalue weighted by Gasteiger charge is 2.23. The monoisotopic (exact) mass is 380 g/mol. The summed E-state index contributed by atoms with van der Waals surface area (Å²) in [5.41, 5.74) is 2.01. The van der Waals surface area contributed by atoms with Gasteiger partial charge in [-0.1, -0.05) is 0 Å². The van der Waals surface area contributed by atoms with Gasteiger partial charge in [-0.15, -0.1) is 21.5 Å². The van der Waals surface area contributed by atoms with Gasteiger partial charge in [0, 0.05) is 32.4 Å². The van der Waals surface area contributed by atoms with Crippen LogP contribution in [0, 0.1) is 6.92 Å². The van der Waals surface area contributed by atoms with Crippen LogP contribution in [-0.2, 0) is 0 Å². The van der Waals surface area contributed by atoms with E-state index in [1.807, 2.05) is 47.5 Å². The highest BCUT2D eigenvalue weighted by Crippen LogP contribution is 2.20. The molecule has 27 heavy (non-hydrogen) atoms. The lowest BCUT2D eigenvalue weighted by molar-refractivity contribution is 0.0751. The maximum Gasteiger partial charge on any atom is 0.264 e. The first-order valence-corrected chi connectivity index (χ1v) is 9.67. The Morgan fingerprint density at radius 1 is 1.15 bits per heavy atom. The molecule has 3 aromatic heterocycles. The van der Waals surface area contributed by atoms with E-state index < -0.39 is 0 Å². The Morgan fingerprint density at radius 2 is 2.00 bits per heavy atom. The average molecular weight is 380 g/mol. The van der Waals surface area contributed by atoms with Gasteiger partial charge >= 0.3 is 0 Å². The molecule has 0 aromatic carbocycles. The lowest BCUT2D eigenvalue weighted by Crippen LogP contribution is -2.49. The Labute approximate surface area is 161 Å². The van der Waals surface area contributed by atoms with E-state index in [-0.39, 0.29) is 5.91 Å². The number of nitrogens with one attached hydrogen (secondary N) is 1. The quantitative estimate of drug-likeness (QED) is 0.750. The Morgan fingerprint density at radius 3 is 2.63 bits per heavy atom. The van der Waals surface area contributed by atoms with E-state index in [2.05, 4.69) is 25.4 Å². The van der Waals surface area contributed by atoms with Gasteiger partial charge in [0.1, 0.15) is 0 Å². The maximum absolute atomic E-state index is 12.6. The van der Waals surface area contributed by atoms with Gasteiger partial charge in [-0.3, -0.25) is 9.78 Å². The van der Waals surface area contributed by atoms with Gasteiger partial charge < -0.3 is 15.1 Å². The number of amides is 1. The molecule has 0 spiro atoms. The highest BCUT2D eigenvalue weighted by atomic mass is 32.1. The molecule has 0 unspecified atom stereocenters. The van der Waals surface area contributed by atoms with E-state index in [4.69, 9.17) is 0 Å². The number of carbonyl (C=O) groups is 1. The molecule has 1 aliphatic rings. The fraction of sp³-hybridized carbons (Fsp3) is 0.263. The second-order valence-electron chi connectivity index (χ2n) is 6.41. The van der Waals surface area contributed by atoms with E-state index in [1.165, 1.54) is 11.3 Å². The van der Waals surface area contributed by atoms with Crippen LogP contribution in [0.5, 0.6) is 0 Å². The van der Waals surface area contributed by atoms with Crippen molar-refractivity contribution in [3.05, 3.63) is 58.5 Å². The number of rotatable bonds is 4. The lowest BCUT2D eigenvalue weighted by atomic mass is 10.2. The summed E-state index contributed by atoms with van der Waals surface area (Å²) in [5, 5.41) is 13.7. The molecule has 0 atom stereocenters. The first-order chi connectivity index (χ1) is 13.2. The van der Waals surface area contributed by atoms with Gasteiger partial charge in [-0.25, -0.2) is 0 Å². The smallest absolute Gasteiger partial charge is 0.264 e. The summed E-state index contributed by atoms with van der Waals surface area (Å²) in [4.78, 5) is 21.5. The van der Waals surface area contributed by atoms with Gasteiger partial charge in [-0.05, 0) is 48.2 Å². The van der Waals surface area contributed by atoms with Crippen LogP contribution in [0.15, 0.2) is 48.1 Å². The zero-order valence-electron chi connectivity index (χ0n) is 15.0. The summed E-state index contributed by atoms with van der Waals surface area (Å²) in [6.07, 6.45) is 3.46. The number of hydrogen-bond donors (Lipinski definition) is 1. The lowest BCUT2D eigenvalue weighted by Gasteiger charge is -2.35. The van der Waals surface area contributed by atoms with E-state index in [0.29, 0.717) is 18.9 Å². The van der Waals surface area contributed by atoms with Crippen molar-refractivity contribution in [3.63, 3.8) is 0 Å². The summed E-state index contributed by atoms with van der Waals surface area (Å²) < 4.78 is 0. The second-order valence-corrected chi connectivity index (χ2v) is 7.32. The van der Waals surface area contributed by atoms with Crippen LogP contribution in [0.25, 0.3) is 0 Å². The zero-order valence-corrected chi connectivity index (χ0v) is 15.8. The molecule has 4 rings (SSSR count). The first kappa shape index (κ1) is 17.4. The number of hydrogen-bond acceptors (Lipinski definition) is 7. The molecule has 0 aliphatic carbocycles. The van der Waals surface area contributed by atoms with Gasteiger partial charge in [0.25, 0.3) is 5.91 Å². The molecule has 3 aromatic rings.